The van der Waals surface area contributed by atoms with Crippen LogP contribution in [0.3, 0.4) is 0 Å². The Morgan fingerprint density at radius 1 is 1.14 bits per heavy atom. The van der Waals surface area contributed by atoms with Gasteiger partial charge >= 0.3 is 0 Å². The molecule has 2 aliphatic rings. The molecule has 1 aliphatic heterocycles. The van der Waals surface area contributed by atoms with Gasteiger partial charge < -0.3 is 14.6 Å². The Morgan fingerprint density at radius 2 is 1.97 bits per heavy atom. The first-order chi connectivity index (χ1) is 14.2. The van der Waals surface area contributed by atoms with Gasteiger partial charge in [0.1, 0.15) is 11.8 Å². The number of rotatable bonds is 5. The minimum Gasteiger partial charge on any atom is -0.377 e. The van der Waals surface area contributed by atoms with Crippen LogP contribution < -0.4 is 10.9 Å². The van der Waals surface area contributed by atoms with Crippen molar-refractivity contribution in [1.82, 2.24) is 25.2 Å². The van der Waals surface area contributed by atoms with Crippen molar-refractivity contribution in [3.8, 4) is 11.3 Å². The first-order valence-electron chi connectivity index (χ1n) is 9.54. The second-order valence-corrected chi connectivity index (χ2v) is 7.31. The van der Waals surface area contributed by atoms with Crippen molar-refractivity contribution in [3.05, 3.63) is 64.5 Å². The SMILES string of the molecule is O=C(NC1COCC1n1nc(-c2ccncc2)ccc1=O)c1cc(C2CC2)on1. The van der Waals surface area contributed by atoms with Crippen molar-refractivity contribution < 1.29 is 14.1 Å². The summed E-state index contributed by atoms with van der Waals surface area (Å²) in [6.07, 6.45) is 5.47. The zero-order chi connectivity index (χ0) is 19.8. The van der Waals surface area contributed by atoms with E-state index < -0.39 is 12.1 Å². The van der Waals surface area contributed by atoms with E-state index in [1.54, 1.807) is 24.5 Å². The van der Waals surface area contributed by atoms with Crippen LogP contribution in [0.1, 0.15) is 41.1 Å². The summed E-state index contributed by atoms with van der Waals surface area (Å²) in [6, 6.07) is 7.66. The monoisotopic (exact) mass is 393 g/mol. The third-order valence-electron chi connectivity index (χ3n) is 5.22. The van der Waals surface area contributed by atoms with E-state index in [1.807, 2.05) is 12.1 Å². The number of nitrogens with zero attached hydrogens (tertiary/aromatic N) is 4. The van der Waals surface area contributed by atoms with Crippen LogP contribution in [0.4, 0.5) is 0 Å². The highest BCUT2D eigenvalue weighted by Crippen LogP contribution is 2.40. The molecule has 1 aliphatic carbocycles. The number of hydrogen-bond donors (Lipinski definition) is 1. The van der Waals surface area contributed by atoms with Crippen LogP contribution in [0.2, 0.25) is 0 Å². The summed E-state index contributed by atoms with van der Waals surface area (Å²) in [7, 11) is 0. The summed E-state index contributed by atoms with van der Waals surface area (Å²) in [6.45, 7) is 0.571. The van der Waals surface area contributed by atoms with Gasteiger partial charge in [-0.2, -0.15) is 5.10 Å². The number of pyridine rings is 1. The maximum Gasteiger partial charge on any atom is 0.273 e. The van der Waals surface area contributed by atoms with Crippen molar-refractivity contribution in [1.29, 1.82) is 0 Å². The van der Waals surface area contributed by atoms with Gasteiger partial charge in [0.05, 0.1) is 24.9 Å². The van der Waals surface area contributed by atoms with Gasteiger partial charge in [0.2, 0.25) is 0 Å². The Balaban J connectivity index is 1.37. The van der Waals surface area contributed by atoms with Gasteiger partial charge in [-0.25, -0.2) is 4.68 Å². The van der Waals surface area contributed by atoms with Crippen molar-refractivity contribution in [2.75, 3.05) is 13.2 Å². The lowest BCUT2D eigenvalue weighted by molar-refractivity contribution is 0.0915. The number of hydrogen-bond acceptors (Lipinski definition) is 7. The highest BCUT2D eigenvalue weighted by Gasteiger charge is 2.34. The number of carbonyl (C=O) groups excluding carboxylic acids is 1. The van der Waals surface area contributed by atoms with E-state index in [0.717, 1.165) is 24.2 Å². The molecule has 29 heavy (non-hydrogen) atoms. The van der Waals surface area contributed by atoms with Gasteiger partial charge in [-0.15, -0.1) is 0 Å². The van der Waals surface area contributed by atoms with Crippen LogP contribution >= 0.6 is 0 Å². The fourth-order valence-electron chi connectivity index (χ4n) is 3.46. The van der Waals surface area contributed by atoms with E-state index in [-0.39, 0.29) is 30.4 Å². The van der Waals surface area contributed by atoms with E-state index >= 15 is 0 Å². The Labute approximate surface area is 165 Å². The topological polar surface area (TPSA) is 112 Å². The number of nitrogens with one attached hydrogen (secondary N) is 1. The van der Waals surface area contributed by atoms with Crippen LogP contribution in [0.15, 0.2) is 52.0 Å². The third-order valence-corrected chi connectivity index (χ3v) is 5.22. The normalized spacial score (nSPS) is 21.2. The third kappa shape index (κ3) is 3.56. The van der Waals surface area contributed by atoms with Crippen molar-refractivity contribution in [2.45, 2.75) is 30.8 Å². The summed E-state index contributed by atoms with van der Waals surface area (Å²) in [5.74, 6) is 0.780. The quantitative estimate of drug-likeness (QED) is 0.700. The molecule has 2 fully saturated rings. The molecular weight excluding hydrogens is 374 g/mol. The van der Waals surface area contributed by atoms with Gasteiger partial charge in [0.25, 0.3) is 11.5 Å². The highest BCUT2D eigenvalue weighted by atomic mass is 16.5. The molecule has 0 radical (unpaired) electrons. The molecule has 148 valence electrons. The lowest BCUT2D eigenvalue weighted by atomic mass is 10.1. The maximum atomic E-state index is 12.6. The van der Waals surface area contributed by atoms with Gasteiger partial charge in [0, 0.05) is 36.0 Å². The van der Waals surface area contributed by atoms with E-state index in [2.05, 4.69) is 20.6 Å². The molecule has 9 nitrogen and oxygen atoms in total. The van der Waals surface area contributed by atoms with Crippen LogP contribution in [0, 0.1) is 0 Å². The molecule has 3 aromatic rings. The first-order valence-corrected chi connectivity index (χ1v) is 9.54. The number of carbonyl (C=O) groups is 1. The molecule has 0 bridgehead atoms. The highest BCUT2D eigenvalue weighted by molar-refractivity contribution is 5.92. The van der Waals surface area contributed by atoms with Crippen LogP contribution in [0.25, 0.3) is 11.3 Å². The largest absolute Gasteiger partial charge is 0.377 e. The predicted molar refractivity (Wildman–Crippen MR) is 101 cm³/mol. The van der Waals surface area contributed by atoms with Gasteiger partial charge in [-0.05, 0) is 31.0 Å². The number of ether oxygens (including phenoxy) is 1. The molecule has 2 unspecified atom stereocenters. The average molecular weight is 393 g/mol. The Morgan fingerprint density at radius 3 is 2.76 bits per heavy atom. The summed E-state index contributed by atoms with van der Waals surface area (Å²) >= 11 is 0. The van der Waals surface area contributed by atoms with E-state index in [4.69, 9.17) is 9.26 Å². The molecule has 1 amide bonds. The lowest BCUT2D eigenvalue weighted by Gasteiger charge is -2.20. The Bertz CT molecular complexity index is 1090. The molecule has 3 aromatic heterocycles. The second kappa shape index (κ2) is 7.25. The lowest BCUT2D eigenvalue weighted by Crippen LogP contribution is -2.44. The van der Waals surface area contributed by atoms with Crippen molar-refractivity contribution in [3.63, 3.8) is 0 Å². The number of amides is 1. The molecule has 1 saturated heterocycles. The van der Waals surface area contributed by atoms with Crippen LogP contribution in [-0.2, 0) is 4.74 Å². The zero-order valence-electron chi connectivity index (χ0n) is 15.5. The summed E-state index contributed by atoms with van der Waals surface area (Å²) in [4.78, 5) is 29.1. The maximum absolute atomic E-state index is 12.6. The summed E-state index contributed by atoms with van der Waals surface area (Å²) in [5.41, 5.74) is 1.48. The number of aromatic nitrogens is 4. The van der Waals surface area contributed by atoms with E-state index in [0.29, 0.717) is 11.6 Å². The second-order valence-electron chi connectivity index (χ2n) is 7.31. The zero-order valence-corrected chi connectivity index (χ0v) is 15.5. The van der Waals surface area contributed by atoms with Crippen LogP contribution in [-0.4, -0.2) is 45.1 Å². The molecule has 5 rings (SSSR count). The fraction of sp³-hybridized carbons (Fsp3) is 0.350. The molecule has 2 atom stereocenters. The average Bonchev–Trinajstić information content (AvgIpc) is 3.29. The predicted octanol–water partition coefficient (Wildman–Crippen LogP) is 1.54. The first kappa shape index (κ1) is 17.7. The van der Waals surface area contributed by atoms with Gasteiger partial charge in [-0.1, -0.05) is 5.16 Å². The smallest absolute Gasteiger partial charge is 0.273 e. The van der Waals surface area contributed by atoms with Crippen molar-refractivity contribution >= 4 is 5.91 Å². The molecule has 9 heteroatoms. The van der Waals surface area contributed by atoms with Gasteiger partial charge in [0.15, 0.2) is 5.69 Å². The summed E-state index contributed by atoms with van der Waals surface area (Å²) < 4.78 is 12.2. The molecular formula is C20H19N5O4. The van der Waals surface area contributed by atoms with E-state index in [1.165, 1.54) is 10.7 Å². The van der Waals surface area contributed by atoms with Crippen molar-refractivity contribution in [2.24, 2.45) is 0 Å². The molecule has 1 saturated carbocycles. The minimum absolute atomic E-state index is 0.239. The Kier molecular flexibility index (Phi) is 4.44. The summed E-state index contributed by atoms with van der Waals surface area (Å²) in [5, 5.41) is 11.3. The van der Waals surface area contributed by atoms with Crippen LogP contribution in [0.5, 0.6) is 0 Å². The molecule has 1 N–H and O–H groups in total. The van der Waals surface area contributed by atoms with Gasteiger partial charge in [-0.3, -0.25) is 14.6 Å². The fourth-order valence-corrected chi connectivity index (χ4v) is 3.46. The van der Waals surface area contributed by atoms with E-state index in [9.17, 15) is 9.59 Å². The standard InChI is InChI=1S/C20H19N5O4/c26-19-4-3-14(12-5-7-21-8-6-12)23-25(19)17-11-28-10-16(17)22-20(27)15-9-18(29-24-15)13-1-2-13/h3-9,13,16-17H,1-2,10-11H2,(H,22,27). The Hall–Kier alpha value is -3.33. The minimum atomic E-state index is -0.414. The molecule has 0 spiro atoms. The molecule has 4 heterocycles. The molecule has 0 aromatic carbocycles.